The van der Waals surface area contributed by atoms with E-state index in [1.807, 2.05) is 36.4 Å². The molecule has 3 rings (SSSR count). The van der Waals surface area contributed by atoms with Crippen molar-refractivity contribution in [2.45, 2.75) is 0 Å². The molecule has 0 amide bonds. The number of ether oxygens (including phenoxy) is 1. The number of nitrogens with zero attached hydrogens (tertiary/aromatic N) is 1. The summed E-state index contributed by atoms with van der Waals surface area (Å²) in [5, 5.41) is 10.1. The van der Waals surface area contributed by atoms with Gasteiger partial charge in [-0.05, 0) is 59.0 Å². The summed E-state index contributed by atoms with van der Waals surface area (Å²) >= 11 is 2.17. The van der Waals surface area contributed by atoms with Crippen LogP contribution in [0.2, 0.25) is 0 Å². The topological polar surface area (TPSA) is 59.4 Å². The van der Waals surface area contributed by atoms with Gasteiger partial charge in [-0.25, -0.2) is 9.78 Å². The third kappa shape index (κ3) is 2.64. The minimum absolute atomic E-state index is 0.259. The molecule has 1 N–H and O–H groups in total. The number of hydrogen-bond donors (Lipinski definition) is 1. The molecule has 0 aliphatic rings. The summed E-state index contributed by atoms with van der Waals surface area (Å²) in [5.41, 5.74) is 2.45. The number of para-hydroxylation sites is 1. The second-order valence-electron chi connectivity index (χ2n) is 4.72. The number of pyridine rings is 1. The molecule has 3 aromatic rings. The van der Waals surface area contributed by atoms with Crippen LogP contribution in [-0.2, 0) is 0 Å². The van der Waals surface area contributed by atoms with Crippen molar-refractivity contribution < 1.29 is 14.6 Å². The number of carboxylic acid groups (broad SMARTS) is 1. The minimum Gasteiger partial charge on any atom is -0.497 e. The van der Waals surface area contributed by atoms with Crippen molar-refractivity contribution in [3.8, 4) is 17.0 Å². The number of carboxylic acids is 1. The van der Waals surface area contributed by atoms with Crippen LogP contribution in [0.25, 0.3) is 22.2 Å². The van der Waals surface area contributed by atoms with E-state index in [1.165, 1.54) is 0 Å². The number of rotatable bonds is 3. The first-order valence-corrected chi connectivity index (χ1v) is 7.65. The molecule has 5 heteroatoms. The molecule has 1 heterocycles. The molecular weight excluding hydrogens is 393 g/mol. The first-order valence-electron chi connectivity index (χ1n) is 6.57. The Morgan fingerprint density at radius 1 is 1.18 bits per heavy atom. The lowest BCUT2D eigenvalue weighted by molar-refractivity contribution is 0.0699. The van der Waals surface area contributed by atoms with Gasteiger partial charge in [0.15, 0.2) is 0 Å². The fraction of sp³-hybridized carbons (Fsp3) is 0.0588. The lowest BCUT2D eigenvalue weighted by atomic mass is 10.0. The van der Waals surface area contributed by atoms with Gasteiger partial charge in [-0.2, -0.15) is 0 Å². The average Bonchev–Trinajstić information content (AvgIpc) is 2.54. The Bertz CT molecular complexity index is 860. The van der Waals surface area contributed by atoms with Crippen LogP contribution in [0.15, 0.2) is 48.5 Å². The van der Waals surface area contributed by atoms with Gasteiger partial charge in [0.05, 0.1) is 23.9 Å². The molecular formula is C17H12INO3. The zero-order valence-corrected chi connectivity index (χ0v) is 13.9. The summed E-state index contributed by atoms with van der Waals surface area (Å²) in [5.74, 6) is -0.207. The number of aromatic carboxylic acids is 1. The maximum Gasteiger partial charge on any atom is 0.336 e. The monoisotopic (exact) mass is 405 g/mol. The fourth-order valence-corrected chi connectivity index (χ4v) is 2.92. The molecule has 0 radical (unpaired) electrons. The van der Waals surface area contributed by atoms with Gasteiger partial charge in [0.2, 0.25) is 0 Å². The molecule has 0 bridgehead atoms. The number of benzene rings is 2. The van der Waals surface area contributed by atoms with Crippen molar-refractivity contribution in [2.24, 2.45) is 0 Å². The number of methoxy groups -OCH3 is 1. The van der Waals surface area contributed by atoms with Crippen LogP contribution in [0.3, 0.4) is 0 Å². The van der Waals surface area contributed by atoms with E-state index in [-0.39, 0.29) is 5.56 Å². The molecule has 4 nitrogen and oxygen atoms in total. The van der Waals surface area contributed by atoms with Crippen molar-refractivity contribution in [2.75, 3.05) is 7.11 Å². The van der Waals surface area contributed by atoms with E-state index >= 15 is 0 Å². The minimum atomic E-state index is -0.954. The Morgan fingerprint density at radius 2 is 1.91 bits per heavy atom. The Balaban J connectivity index is 2.25. The summed E-state index contributed by atoms with van der Waals surface area (Å²) in [6.45, 7) is 0. The lowest BCUT2D eigenvalue weighted by Crippen LogP contribution is -2.01. The Hall–Kier alpha value is -2.15. The first kappa shape index (κ1) is 14.8. The van der Waals surface area contributed by atoms with Gasteiger partial charge in [-0.3, -0.25) is 0 Å². The van der Waals surface area contributed by atoms with Crippen molar-refractivity contribution in [1.29, 1.82) is 0 Å². The van der Waals surface area contributed by atoms with Gasteiger partial charge in [0, 0.05) is 14.5 Å². The van der Waals surface area contributed by atoms with E-state index in [2.05, 4.69) is 27.6 Å². The SMILES string of the molecule is COc1ccc(-c2cc(C(=O)O)c3cccc(I)c3n2)cc1. The highest BCUT2D eigenvalue weighted by atomic mass is 127. The quantitative estimate of drug-likeness (QED) is 0.664. The maximum atomic E-state index is 11.6. The van der Waals surface area contributed by atoms with Crippen molar-refractivity contribution >= 4 is 39.5 Å². The largest absolute Gasteiger partial charge is 0.497 e. The summed E-state index contributed by atoms with van der Waals surface area (Å²) < 4.78 is 6.06. The zero-order valence-electron chi connectivity index (χ0n) is 11.7. The van der Waals surface area contributed by atoms with Gasteiger partial charge < -0.3 is 9.84 Å². The highest BCUT2D eigenvalue weighted by Gasteiger charge is 2.14. The van der Waals surface area contributed by atoms with Crippen molar-refractivity contribution in [3.63, 3.8) is 0 Å². The normalized spacial score (nSPS) is 10.6. The van der Waals surface area contributed by atoms with Gasteiger partial charge in [-0.15, -0.1) is 0 Å². The third-order valence-electron chi connectivity index (χ3n) is 3.41. The predicted molar refractivity (Wildman–Crippen MR) is 93.4 cm³/mol. The molecule has 110 valence electrons. The summed E-state index contributed by atoms with van der Waals surface area (Å²) in [6.07, 6.45) is 0. The van der Waals surface area contributed by atoms with Crippen LogP contribution in [0.4, 0.5) is 0 Å². The second-order valence-corrected chi connectivity index (χ2v) is 5.89. The maximum absolute atomic E-state index is 11.6. The van der Waals surface area contributed by atoms with Gasteiger partial charge in [0.1, 0.15) is 5.75 Å². The van der Waals surface area contributed by atoms with E-state index in [0.29, 0.717) is 16.6 Å². The highest BCUT2D eigenvalue weighted by Crippen LogP contribution is 2.28. The highest BCUT2D eigenvalue weighted by molar-refractivity contribution is 14.1. The molecule has 0 aliphatic heterocycles. The molecule has 2 aromatic carbocycles. The smallest absolute Gasteiger partial charge is 0.336 e. The molecule has 1 aromatic heterocycles. The van der Waals surface area contributed by atoms with E-state index in [0.717, 1.165) is 14.9 Å². The van der Waals surface area contributed by atoms with Crippen molar-refractivity contribution in [1.82, 2.24) is 4.98 Å². The number of hydrogen-bond acceptors (Lipinski definition) is 3. The van der Waals surface area contributed by atoms with Crippen LogP contribution < -0.4 is 4.74 Å². The predicted octanol–water partition coefficient (Wildman–Crippen LogP) is 4.21. The van der Waals surface area contributed by atoms with Gasteiger partial charge in [0.25, 0.3) is 0 Å². The molecule has 0 aliphatic carbocycles. The van der Waals surface area contributed by atoms with E-state index in [4.69, 9.17) is 4.74 Å². The molecule has 0 saturated carbocycles. The average molecular weight is 405 g/mol. The molecule has 0 unspecified atom stereocenters. The molecule has 0 spiro atoms. The summed E-state index contributed by atoms with van der Waals surface area (Å²) in [4.78, 5) is 16.2. The Morgan fingerprint density at radius 3 is 2.55 bits per heavy atom. The number of fused-ring (bicyclic) bond motifs is 1. The first-order chi connectivity index (χ1) is 10.6. The van der Waals surface area contributed by atoms with Gasteiger partial charge in [-0.1, -0.05) is 12.1 Å². The van der Waals surface area contributed by atoms with Crippen molar-refractivity contribution in [3.05, 3.63) is 57.7 Å². The number of carbonyl (C=O) groups is 1. The summed E-state index contributed by atoms with van der Waals surface area (Å²) in [6, 6.07) is 14.6. The molecule has 0 saturated heterocycles. The fourth-order valence-electron chi connectivity index (χ4n) is 2.30. The Kier molecular flexibility index (Phi) is 3.98. The van der Waals surface area contributed by atoms with E-state index in [9.17, 15) is 9.90 Å². The third-order valence-corrected chi connectivity index (χ3v) is 4.28. The van der Waals surface area contributed by atoms with Gasteiger partial charge >= 0.3 is 5.97 Å². The van der Waals surface area contributed by atoms with Crippen LogP contribution in [0, 0.1) is 3.57 Å². The van der Waals surface area contributed by atoms with Crippen LogP contribution in [0.5, 0.6) is 5.75 Å². The van der Waals surface area contributed by atoms with Crippen LogP contribution in [-0.4, -0.2) is 23.2 Å². The second kappa shape index (κ2) is 5.92. The van der Waals surface area contributed by atoms with Crippen LogP contribution >= 0.6 is 22.6 Å². The lowest BCUT2D eigenvalue weighted by Gasteiger charge is -2.09. The Labute approximate surface area is 140 Å². The van der Waals surface area contributed by atoms with Crippen LogP contribution in [0.1, 0.15) is 10.4 Å². The standard InChI is InChI=1S/C17H12INO3/c1-22-11-7-5-10(6-8-11)15-9-13(17(20)21)12-3-2-4-14(18)16(12)19-15/h2-9H,1H3,(H,20,21). The van der Waals surface area contributed by atoms with E-state index < -0.39 is 5.97 Å². The number of halogens is 1. The number of aromatic nitrogens is 1. The molecule has 22 heavy (non-hydrogen) atoms. The summed E-state index contributed by atoms with van der Waals surface area (Å²) in [7, 11) is 1.61. The van der Waals surface area contributed by atoms with E-state index in [1.54, 1.807) is 19.2 Å². The molecule has 0 fully saturated rings. The zero-order chi connectivity index (χ0) is 15.7. The molecule has 0 atom stereocenters.